The number of sulfonamides is 1. The monoisotopic (exact) mass is 494 g/mol. The zero-order valence-corrected chi connectivity index (χ0v) is 21.2. The minimum absolute atomic E-state index is 0.129. The lowest BCUT2D eigenvalue weighted by Gasteiger charge is -2.35. The van der Waals surface area contributed by atoms with Gasteiger partial charge in [0.25, 0.3) is 15.9 Å². The Kier molecular flexibility index (Phi) is 7.03. The minimum atomic E-state index is -3.90. The summed E-state index contributed by atoms with van der Waals surface area (Å²) >= 11 is 0. The molecule has 35 heavy (non-hydrogen) atoms. The number of rotatable bonds is 7. The second-order valence-corrected chi connectivity index (χ2v) is 10.7. The highest BCUT2D eigenvalue weighted by Crippen LogP contribution is 2.37. The predicted molar refractivity (Wildman–Crippen MR) is 136 cm³/mol. The first-order chi connectivity index (χ1) is 16.6. The van der Waals surface area contributed by atoms with Gasteiger partial charge in [-0.2, -0.15) is 0 Å². The molecule has 1 unspecified atom stereocenters. The summed E-state index contributed by atoms with van der Waals surface area (Å²) in [5, 5.41) is 2.80. The first-order valence-corrected chi connectivity index (χ1v) is 12.9. The second-order valence-electron chi connectivity index (χ2n) is 8.84. The molecule has 0 saturated heterocycles. The van der Waals surface area contributed by atoms with E-state index in [-0.39, 0.29) is 24.6 Å². The molecule has 7 nitrogen and oxygen atoms in total. The molecule has 0 bridgehead atoms. The molecule has 1 amide bonds. The number of ether oxygens (including phenoxy) is 2. The molecule has 1 heterocycles. The predicted octanol–water partition coefficient (Wildman–Crippen LogP) is 4.07. The van der Waals surface area contributed by atoms with Crippen LogP contribution in [-0.4, -0.2) is 40.1 Å². The van der Waals surface area contributed by atoms with Crippen molar-refractivity contribution in [1.29, 1.82) is 0 Å². The number of nitrogens with zero attached hydrogens (tertiary/aromatic N) is 1. The van der Waals surface area contributed by atoms with E-state index in [1.165, 1.54) is 4.31 Å². The van der Waals surface area contributed by atoms with Crippen LogP contribution < -0.4 is 19.1 Å². The standard InChI is InChI=1S/C27H30N2O5S/c1-18-5-9-22(10-6-18)35(31,32)29-17-26(34-25-12-8-20(3)16-23(25)29)27(30)28-13-14-33-24-11-7-19(2)15-21(24)4/h5-12,15-16,26H,13-14,17H2,1-4H3,(H,28,30). The van der Waals surface area contributed by atoms with E-state index in [1.54, 1.807) is 36.4 Å². The van der Waals surface area contributed by atoms with Crippen molar-refractivity contribution in [3.63, 3.8) is 0 Å². The second kappa shape index (κ2) is 10.00. The van der Waals surface area contributed by atoms with E-state index in [0.717, 1.165) is 28.0 Å². The van der Waals surface area contributed by atoms with Gasteiger partial charge >= 0.3 is 0 Å². The SMILES string of the molecule is Cc1ccc(S(=O)(=O)N2CC(C(=O)NCCOc3ccc(C)cc3C)Oc3ccc(C)cc32)cc1. The quantitative estimate of drug-likeness (QED) is 0.501. The third-order valence-corrected chi connectivity index (χ3v) is 7.67. The number of anilines is 1. The van der Waals surface area contributed by atoms with Crippen LogP contribution in [-0.2, 0) is 14.8 Å². The van der Waals surface area contributed by atoms with Crippen molar-refractivity contribution in [2.75, 3.05) is 24.0 Å². The van der Waals surface area contributed by atoms with Crippen LogP contribution in [0.4, 0.5) is 5.69 Å². The summed E-state index contributed by atoms with van der Waals surface area (Å²) in [4.78, 5) is 13.1. The van der Waals surface area contributed by atoms with E-state index >= 15 is 0 Å². The number of fused-ring (bicyclic) bond motifs is 1. The van der Waals surface area contributed by atoms with Crippen LogP contribution in [0.3, 0.4) is 0 Å². The fraction of sp³-hybridized carbons (Fsp3) is 0.296. The number of hydrogen-bond donors (Lipinski definition) is 1. The van der Waals surface area contributed by atoms with Gasteiger partial charge in [0.2, 0.25) is 0 Å². The highest BCUT2D eigenvalue weighted by atomic mass is 32.2. The maximum Gasteiger partial charge on any atom is 0.264 e. The van der Waals surface area contributed by atoms with Gasteiger partial charge in [0, 0.05) is 0 Å². The molecule has 0 saturated carbocycles. The van der Waals surface area contributed by atoms with Gasteiger partial charge in [-0.3, -0.25) is 9.10 Å². The van der Waals surface area contributed by atoms with Crippen molar-refractivity contribution in [2.45, 2.75) is 38.7 Å². The van der Waals surface area contributed by atoms with E-state index in [1.807, 2.05) is 52.0 Å². The third kappa shape index (κ3) is 5.43. The average molecular weight is 495 g/mol. The Morgan fingerprint density at radius 2 is 1.63 bits per heavy atom. The summed E-state index contributed by atoms with van der Waals surface area (Å²) in [6.07, 6.45) is -0.994. The minimum Gasteiger partial charge on any atom is -0.491 e. The van der Waals surface area contributed by atoms with Crippen LogP contribution in [0.5, 0.6) is 11.5 Å². The van der Waals surface area contributed by atoms with Crippen molar-refractivity contribution in [3.8, 4) is 11.5 Å². The summed E-state index contributed by atoms with van der Waals surface area (Å²) in [7, 11) is -3.90. The van der Waals surface area contributed by atoms with E-state index in [0.29, 0.717) is 11.4 Å². The van der Waals surface area contributed by atoms with Crippen LogP contribution >= 0.6 is 0 Å². The van der Waals surface area contributed by atoms with Gasteiger partial charge < -0.3 is 14.8 Å². The maximum atomic E-state index is 13.5. The van der Waals surface area contributed by atoms with Crippen LogP contribution in [0, 0.1) is 27.7 Å². The van der Waals surface area contributed by atoms with Crippen LogP contribution in [0.15, 0.2) is 65.6 Å². The lowest BCUT2D eigenvalue weighted by molar-refractivity contribution is -0.127. The molecule has 1 N–H and O–H groups in total. The first-order valence-electron chi connectivity index (χ1n) is 11.5. The molecule has 1 atom stereocenters. The fourth-order valence-corrected chi connectivity index (χ4v) is 5.44. The van der Waals surface area contributed by atoms with Gasteiger partial charge in [-0.15, -0.1) is 0 Å². The van der Waals surface area contributed by atoms with Crippen molar-refractivity contribution in [3.05, 3.63) is 82.9 Å². The van der Waals surface area contributed by atoms with Gasteiger partial charge in [0.05, 0.1) is 23.7 Å². The van der Waals surface area contributed by atoms with Crippen molar-refractivity contribution in [1.82, 2.24) is 5.32 Å². The van der Waals surface area contributed by atoms with Gasteiger partial charge in [0.15, 0.2) is 6.10 Å². The molecule has 4 rings (SSSR count). The Bertz CT molecular complexity index is 1340. The van der Waals surface area contributed by atoms with Crippen LogP contribution in [0.25, 0.3) is 0 Å². The molecule has 8 heteroatoms. The highest BCUT2D eigenvalue weighted by Gasteiger charge is 2.37. The van der Waals surface area contributed by atoms with Gasteiger partial charge in [-0.1, -0.05) is 41.5 Å². The molecule has 0 radical (unpaired) electrons. The van der Waals surface area contributed by atoms with Gasteiger partial charge in [-0.05, 0) is 69.2 Å². The average Bonchev–Trinajstić information content (AvgIpc) is 2.82. The lowest BCUT2D eigenvalue weighted by atomic mass is 10.1. The summed E-state index contributed by atoms with van der Waals surface area (Å²) in [6, 6.07) is 17.9. The van der Waals surface area contributed by atoms with Crippen molar-refractivity contribution in [2.24, 2.45) is 0 Å². The normalized spacial score (nSPS) is 15.2. The number of benzene rings is 3. The van der Waals surface area contributed by atoms with E-state index in [4.69, 9.17) is 9.47 Å². The third-order valence-electron chi connectivity index (χ3n) is 5.87. The molecular weight excluding hydrogens is 464 g/mol. The summed E-state index contributed by atoms with van der Waals surface area (Å²) in [6.45, 7) is 8.18. The number of nitrogens with one attached hydrogen (secondary N) is 1. The summed E-state index contributed by atoms with van der Waals surface area (Å²) in [5.41, 5.74) is 4.45. The molecule has 0 aliphatic carbocycles. The van der Waals surface area contributed by atoms with Crippen LogP contribution in [0.2, 0.25) is 0 Å². The Balaban J connectivity index is 1.48. The first kappa shape index (κ1) is 24.6. The number of hydrogen-bond acceptors (Lipinski definition) is 5. The molecule has 0 fully saturated rings. The van der Waals surface area contributed by atoms with Crippen LogP contribution in [0.1, 0.15) is 22.3 Å². The summed E-state index contributed by atoms with van der Waals surface area (Å²) < 4.78 is 40.0. The molecule has 0 aromatic heterocycles. The molecule has 184 valence electrons. The highest BCUT2D eigenvalue weighted by molar-refractivity contribution is 7.92. The van der Waals surface area contributed by atoms with Gasteiger partial charge in [0.1, 0.15) is 18.1 Å². The Morgan fingerprint density at radius 1 is 0.971 bits per heavy atom. The topological polar surface area (TPSA) is 84.9 Å². The molecule has 0 spiro atoms. The number of carbonyl (C=O) groups excluding carboxylic acids is 1. The number of carbonyl (C=O) groups is 1. The smallest absolute Gasteiger partial charge is 0.264 e. The zero-order valence-electron chi connectivity index (χ0n) is 20.4. The molecule has 1 aliphatic heterocycles. The molecule has 3 aromatic rings. The van der Waals surface area contributed by atoms with Crippen molar-refractivity contribution < 1.29 is 22.7 Å². The largest absolute Gasteiger partial charge is 0.491 e. The van der Waals surface area contributed by atoms with E-state index < -0.39 is 22.0 Å². The van der Waals surface area contributed by atoms with Gasteiger partial charge in [-0.25, -0.2) is 8.42 Å². The fourth-order valence-electron chi connectivity index (χ4n) is 3.97. The maximum absolute atomic E-state index is 13.5. The molecule has 3 aromatic carbocycles. The van der Waals surface area contributed by atoms with E-state index in [9.17, 15) is 13.2 Å². The Hall–Kier alpha value is -3.52. The van der Waals surface area contributed by atoms with Crippen molar-refractivity contribution >= 4 is 21.6 Å². The molecular formula is C27H30N2O5S. The number of amides is 1. The lowest BCUT2D eigenvalue weighted by Crippen LogP contribution is -2.51. The number of aryl methyl sites for hydroxylation is 4. The van der Waals surface area contributed by atoms with E-state index in [2.05, 4.69) is 5.32 Å². The molecule has 1 aliphatic rings. The summed E-state index contributed by atoms with van der Waals surface area (Å²) in [5.74, 6) is 0.715. The Morgan fingerprint density at radius 3 is 2.34 bits per heavy atom. The zero-order chi connectivity index (χ0) is 25.2. The Labute approximate surface area is 206 Å².